The van der Waals surface area contributed by atoms with E-state index in [9.17, 15) is 0 Å². The van der Waals surface area contributed by atoms with E-state index in [1.165, 1.54) is 83.7 Å². The van der Waals surface area contributed by atoms with Crippen molar-refractivity contribution in [3.05, 3.63) is 0 Å². The Kier molecular flexibility index (Phi) is 5.39. The standard InChI is InChI=1S/C18H34N2/c1-15-12-13-19-18(16-8-4-2-5-9-16)14-20(15)17-10-6-3-7-11-17/h15-19H,2-14H2,1H3. The summed E-state index contributed by atoms with van der Waals surface area (Å²) in [6.07, 6.45) is 16.1. The Morgan fingerprint density at radius 2 is 1.45 bits per heavy atom. The molecule has 2 saturated carbocycles. The van der Waals surface area contributed by atoms with Crippen molar-refractivity contribution in [3.63, 3.8) is 0 Å². The van der Waals surface area contributed by atoms with E-state index >= 15 is 0 Å². The minimum atomic E-state index is 0.780. The second-order valence-electron chi connectivity index (χ2n) is 7.59. The molecule has 2 unspecified atom stereocenters. The van der Waals surface area contributed by atoms with Crippen molar-refractivity contribution in [3.8, 4) is 0 Å². The Balaban J connectivity index is 1.63. The van der Waals surface area contributed by atoms with Crippen molar-refractivity contribution in [2.24, 2.45) is 5.92 Å². The van der Waals surface area contributed by atoms with Crippen LogP contribution in [0.4, 0.5) is 0 Å². The van der Waals surface area contributed by atoms with Crippen LogP contribution in [0.5, 0.6) is 0 Å². The quantitative estimate of drug-likeness (QED) is 0.822. The summed E-state index contributed by atoms with van der Waals surface area (Å²) in [4.78, 5) is 2.90. The third kappa shape index (κ3) is 3.57. The molecule has 0 aromatic carbocycles. The summed E-state index contributed by atoms with van der Waals surface area (Å²) in [6.45, 7) is 5.04. The van der Waals surface area contributed by atoms with Crippen molar-refractivity contribution >= 4 is 0 Å². The van der Waals surface area contributed by atoms with Gasteiger partial charge in [-0.1, -0.05) is 38.5 Å². The number of nitrogens with zero attached hydrogens (tertiary/aromatic N) is 1. The second kappa shape index (κ2) is 7.26. The van der Waals surface area contributed by atoms with Crippen LogP contribution in [0.3, 0.4) is 0 Å². The Bertz CT molecular complexity index is 279. The lowest BCUT2D eigenvalue weighted by atomic mass is 9.83. The van der Waals surface area contributed by atoms with Crippen molar-refractivity contribution in [1.82, 2.24) is 10.2 Å². The molecule has 1 heterocycles. The third-order valence-electron chi connectivity index (χ3n) is 6.20. The van der Waals surface area contributed by atoms with Crippen LogP contribution in [0, 0.1) is 5.92 Å². The summed E-state index contributed by atoms with van der Waals surface area (Å²) >= 11 is 0. The van der Waals surface area contributed by atoms with E-state index in [0.717, 1.165) is 24.0 Å². The first-order chi connectivity index (χ1) is 9.84. The molecule has 0 radical (unpaired) electrons. The largest absolute Gasteiger partial charge is 0.312 e. The highest BCUT2D eigenvalue weighted by Gasteiger charge is 2.33. The molecule has 1 saturated heterocycles. The van der Waals surface area contributed by atoms with Gasteiger partial charge in [-0.15, -0.1) is 0 Å². The van der Waals surface area contributed by atoms with Gasteiger partial charge in [0.25, 0.3) is 0 Å². The van der Waals surface area contributed by atoms with Gasteiger partial charge in [-0.05, 0) is 51.5 Å². The maximum absolute atomic E-state index is 3.91. The molecule has 3 rings (SSSR count). The molecular weight excluding hydrogens is 244 g/mol. The van der Waals surface area contributed by atoms with Crippen LogP contribution in [-0.4, -0.2) is 36.1 Å². The van der Waals surface area contributed by atoms with Gasteiger partial charge >= 0.3 is 0 Å². The van der Waals surface area contributed by atoms with Gasteiger partial charge in [0.1, 0.15) is 0 Å². The lowest BCUT2D eigenvalue weighted by Crippen LogP contribution is -2.49. The number of nitrogens with one attached hydrogen (secondary N) is 1. The maximum Gasteiger partial charge on any atom is 0.0223 e. The fourth-order valence-electron chi connectivity index (χ4n) is 4.89. The molecule has 1 aliphatic heterocycles. The van der Waals surface area contributed by atoms with Gasteiger partial charge in [-0.3, -0.25) is 4.90 Å². The van der Waals surface area contributed by atoms with E-state index in [0.29, 0.717) is 0 Å². The molecule has 0 aromatic rings. The minimum absolute atomic E-state index is 0.780. The molecule has 20 heavy (non-hydrogen) atoms. The predicted molar refractivity (Wildman–Crippen MR) is 86.0 cm³/mol. The van der Waals surface area contributed by atoms with E-state index in [-0.39, 0.29) is 0 Å². The van der Waals surface area contributed by atoms with E-state index in [4.69, 9.17) is 0 Å². The number of hydrogen-bond acceptors (Lipinski definition) is 2. The molecule has 0 aromatic heterocycles. The second-order valence-corrected chi connectivity index (χ2v) is 7.59. The van der Waals surface area contributed by atoms with Crippen LogP contribution in [0.2, 0.25) is 0 Å². The first-order valence-corrected chi connectivity index (χ1v) is 9.34. The van der Waals surface area contributed by atoms with Crippen LogP contribution in [0.25, 0.3) is 0 Å². The lowest BCUT2D eigenvalue weighted by molar-refractivity contribution is 0.0968. The Morgan fingerprint density at radius 3 is 2.15 bits per heavy atom. The van der Waals surface area contributed by atoms with E-state index < -0.39 is 0 Å². The van der Waals surface area contributed by atoms with Crippen molar-refractivity contribution in [1.29, 1.82) is 0 Å². The molecule has 0 amide bonds. The van der Waals surface area contributed by atoms with E-state index in [2.05, 4.69) is 17.1 Å². The summed E-state index contributed by atoms with van der Waals surface area (Å²) in [6, 6.07) is 2.46. The van der Waals surface area contributed by atoms with Gasteiger partial charge < -0.3 is 5.32 Å². The van der Waals surface area contributed by atoms with Crippen molar-refractivity contribution in [2.75, 3.05) is 13.1 Å². The first-order valence-electron chi connectivity index (χ1n) is 9.34. The van der Waals surface area contributed by atoms with Crippen molar-refractivity contribution in [2.45, 2.75) is 95.7 Å². The van der Waals surface area contributed by atoms with Gasteiger partial charge in [0, 0.05) is 24.7 Å². The molecule has 116 valence electrons. The molecule has 2 aliphatic carbocycles. The van der Waals surface area contributed by atoms with Crippen LogP contribution in [0.1, 0.15) is 77.6 Å². The van der Waals surface area contributed by atoms with Crippen LogP contribution < -0.4 is 5.32 Å². The SMILES string of the molecule is CC1CCNC(C2CCCCC2)CN1C1CCCCC1. The van der Waals surface area contributed by atoms with Crippen molar-refractivity contribution < 1.29 is 0 Å². The normalized spacial score (nSPS) is 35.9. The smallest absolute Gasteiger partial charge is 0.0223 e. The fourth-order valence-corrected chi connectivity index (χ4v) is 4.89. The summed E-state index contributed by atoms with van der Waals surface area (Å²) in [5.41, 5.74) is 0. The topological polar surface area (TPSA) is 15.3 Å². The van der Waals surface area contributed by atoms with Gasteiger partial charge in [-0.25, -0.2) is 0 Å². The summed E-state index contributed by atoms with van der Waals surface area (Å²) < 4.78 is 0. The number of rotatable bonds is 2. The predicted octanol–water partition coefficient (Wildman–Crippen LogP) is 3.95. The molecule has 3 aliphatic rings. The summed E-state index contributed by atoms with van der Waals surface area (Å²) in [7, 11) is 0. The highest BCUT2D eigenvalue weighted by molar-refractivity contribution is 4.90. The third-order valence-corrected chi connectivity index (χ3v) is 6.20. The minimum Gasteiger partial charge on any atom is -0.312 e. The lowest BCUT2D eigenvalue weighted by Gasteiger charge is -2.40. The Morgan fingerprint density at radius 1 is 0.800 bits per heavy atom. The summed E-state index contributed by atoms with van der Waals surface area (Å²) in [5.74, 6) is 0.958. The highest BCUT2D eigenvalue weighted by atomic mass is 15.2. The molecule has 1 N–H and O–H groups in total. The summed E-state index contributed by atoms with van der Waals surface area (Å²) in [5, 5.41) is 3.91. The molecule has 2 heteroatoms. The van der Waals surface area contributed by atoms with E-state index in [1.807, 2.05) is 0 Å². The van der Waals surface area contributed by atoms with Crippen LogP contribution >= 0.6 is 0 Å². The Labute approximate surface area is 125 Å². The molecule has 0 spiro atoms. The average Bonchev–Trinajstić information content (AvgIpc) is 2.71. The molecular formula is C18H34N2. The van der Waals surface area contributed by atoms with Gasteiger partial charge in [0.05, 0.1) is 0 Å². The highest BCUT2D eigenvalue weighted by Crippen LogP contribution is 2.31. The number of hydrogen-bond donors (Lipinski definition) is 1. The van der Waals surface area contributed by atoms with Gasteiger partial charge in [-0.2, -0.15) is 0 Å². The van der Waals surface area contributed by atoms with Crippen LogP contribution in [-0.2, 0) is 0 Å². The maximum atomic E-state index is 3.91. The van der Waals surface area contributed by atoms with E-state index in [1.54, 1.807) is 0 Å². The Hall–Kier alpha value is -0.0800. The first kappa shape index (κ1) is 14.8. The van der Waals surface area contributed by atoms with Gasteiger partial charge in [0.15, 0.2) is 0 Å². The van der Waals surface area contributed by atoms with Gasteiger partial charge in [0.2, 0.25) is 0 Å². The zero-order valence-corrected chi connectivity index (χ0v) is 13.4. The monoisotopic (exact) mass is 278 g/mol. The molecule has 2 atom stereocenters. The van der Waals surface area contributed by atoms with Crippen LogP contribution in [0.15, 0.2) is 0 Å². The zero-order valence-electron chi connectivity index (χ0n) is 13.4. The molecule has 3 fully saturated rings. The zero-order chi connectivity index (χ0) is 13.8. The molecule has 0 bridgehead atoms. The fraction of sp³-hybridized carbons (Fsp3) is 1.00. The molecule has 2 nitrogen and oxygen atoms in total. The average molecular weight is 278 g/mol.